The SMILES string of the molecule is C[C@@H]1C[C@@H](C)CN(CCCNC(=O)c2ccc3c(c2)NC(=O)/C(=C/c2ccccc2)S3)C1. The molecule has 1 fully saturated rings. The molecule has 6 heteroatoms. The van der Waals surface area contributed by atoms with Crippen LogP contribution >= 0.6 is 11.8 Å². The molecule has 0 bridgehead atoms. The topological polar surface area (TPSA) is 61.4 Å². The number of anilines is 1. The molecule has 4 rings (SSSR count). The molecule has 2 N–H and O–H groups in total. The lowest BCUT2D eigenvalue weighted by atomic mass is 9.92. The summed E-state index contributed by atoms with van der Waals surface area (Å²) in [6.45, 7) is 8.61. The molecule has 1 saturated heterocycles. The van der Waals surface area contributed by atoms with Crippen LogP contribution in [0.1, 0.15) is 42.6 Å². The molecular weight excluding hydrogens is 418 g/mol. The van der Waals surface area contributed by atoms with Gasteiger partial charge in [0.15, 0.2) is 0 Å². The molecule has 0 spiro atoms. The number of thioether (sulfide) groups is 1. The summed E-state index contributed by atoms with van der Waals surface area (Å²) in [5.74, 6) is 1.26. The molecule has 2 amide bonds. The van der Waals surface area contributed by atoms with Crippen molar-refractivity contribution in [1.29, 1.82) is 0 Å². The summed E-state index contributed by atoms with van der Waals surface area (Å²) >= 11 is 1.43. The zero-order valence-electron chi connectivity index (χ0n) is 18.8. The lowest BCUT2D eigenvalue weighted by molar-refractivity contribution is -0.112. The van der Waals surface area contributed by atoms with Gasteiger partial charge in [0.1, 0.15) is 0 Å². The zero-order valence-corrected chi connectivity index (χ0v) is 19.6. The predicted molar refractivity (Wildman–Crippen MR) is 132 cm³/mol. The van der Waals surface area contributed by atoms with Gasteiger partial charge >= 0.3 is 0 Å². The average Bonchev–Trinajstić information content (AvgIpc) is 2.77. The van der Waals surface area contributed by atoms with Crippen LogP contribution in [-0.4, -0.2) is 42.9 Å². The number of benzene rings is 2. The van der Waals surface area contributed by atoms with Crippen LogP contribution in [0.15, 0.2) is 58.3 Å². The fourth-order valence-electron chi connectivity index (χ4n) is 4.58. The molecule has 2 aromatic carbocycles. The highest BCUT2D eigenvalue weighted by molar-refractivity contribution is 8.04. The van der Waals surface area contributed by atoms with Crippen LogP contribution < -0.4 is 10.6 Å². The van der Waals surface area contributed by atoms with E-state index in [-0.39, 0.29) is 11.8 Å². The Labute approximate surface area is 194 Å². The first kappa shape index (κ1) is 22.6. The third-order valence-corrected chi connectivity index (χ3v) is 7.01. The fraction of sp³-hybridized carbons (Fsp3) is 0.385. The molecule has 0 radical (unpaired) electrons. The van der Waals surface area contributed by atoms with Gasteiger partial charge in [0.2, 0.25) is 0 Å². The standard InChI is InChI=1S/C26H31N3O2S/c1-18-13-19(2)17-29(16-18)12-6-11-27-25(30)21-9-10-23-22(15-21)28-26(31)24(32-23)14-20-7-4-3-5-8-20/h3-5,7-10,14-15,18-19H,6,11-13,16-17H2,1-2H3,(H,27,30)(H,28,31)/b24-14-/t18-,19-/m1/s1. The summed E-state index contributed by atoms with van der Waals surface area (Å²) in [6.07, 6.45) is 4.13. The molecule has 0 unspecified atom stereocenters. The van der Waals surface area contributed by atoms with Gasteiger partial charge in [0.25, 0.3) is 11.8 Å². The van der Waals surface area contributed by atoms with E-state index >= 15 is 0 Å². The van der Waals surface area contributed by atoms with Crippen molar-refractivity contribution in [2.75, 3.05) is 31.5 Å². The van der Waals surface area contributed by atoms with Crippen molar-refractivity contribution in [2.45, 2.75) is 31.6 Å². The number of piperidine rings is 1. The molecule has 2 atom stereocenters. The van der Waals surface area contributed by atoms with Gasteiger partial charge in [-0.05, 0) is 61.1 Å². The largest absolute Gasteiger partial charge is 0.352 e. The normalized spacial score (nSPS) is 22.3. The molecule has 0 aromatic heterocycles. The predicted octanol–water partition coefficient (Wildman–Crippen LogP) is 4.87. The summed E-state index contributed by atoms with van der Waals surface area (Å²) in [4.78, 5) is 29.3. The van der Waals surface area contributed by atoms with E-state index in [0.717, 1.165) is 48.3 Å². The first-order chi connectivity index (χ1) is 15.5. The van der Waals surface area contributed by atoms with Gasteiger partial charge in [0.05, 0.1) is 10.6 Å². The summed E-state index contributed by atoms with van der Waals surface area (Å²) in [5.41, 5.74) is 2.24. The third kappa shape index (κ3) is 5.81. The number of nitrogens with zero attached hydrogens (tertiary/aromatic N) is 1. The molecule has 2 aromatic rings. The highest BCUT2D eigenvalue weighted by Gasteiger charge is 2.23. The molecule has 5 nitrogen and oxygen atoms in total. The van der Waals surface area contributed by atoms with E-state index in [2.05, 4.69) is 29.4 Å². The number of carbonyl (C=O) groups is 2. The summed E-state index contributed by atoms with van der Waals surface area (Å²) in [7, 11) is 0. The van der Waals surface area contributed by atoms with E-state index < -0.39 is 0 Å². The Hall–Kier alpha value is -2.57. The number of hydrogen-bond acceptors (Lipinski definition) is 4. The Bertz CT molecular complexity index is 995. The van der Waals surface area contributed by atoms with Crippen molar-refractivity contribution in [3.05, 3.63) is 64.6 Å². The van der Waals surface area contributed by atoms with E-state index in [1.165, 1.54) is 18.2 Å². The summed E-state index contributed by atoms with van der Waals surface area (Å²) < 4.78 is 0. The smallest absolute Gasteiger partial charge is 0.262 e. The lowest BCUT2D eigenvalue weighted by Crippen LogP contribution is -2.40. The molecule has 2 aliphatic heterocycles. The molecular formula is C26H31N3O2S. The minimum absolute atomic E-state index is 0.0990. The monoisotopic (exact) mass is 449 g/mol. The highest BCUT2D eigenvalue weighted by Crippen LogP contribution is 2.39. The van der Waals surface area contributed by atoms with E-state index in [4.69, 9.17) is 0 Å². The van der Waals surface area contributed by atoms with E-state index in [9.17, 15) is 9.59 Å². The van der Waals surface area contributed by atoms with Gasteiger partial charge in [-0.3, -0.25) is 9.59 Å². The van der Waals surface area contributed by atoms with Crippen LogP contribution in [0.2, 0.25) is 0 Å². The number of amides is 2. The Balaban J connectivity index is 1.31. The lowest BCUT2D eigenvalue weighted by Gasteiger charge is -2.34. The molecule has 0 aliphatic carbocycles. The molecule has 2 heterocycles. The number of fused-ring (bicyclic) bond motifs is 1. The molecule has 168 valence electrons. The maximum absolute atomic E-state index is 12.6. The third-order valence-electron chi connectivity index (χ3n) is 5.91. The van der Waals surface area contributed by atoms with Crippen molar-refractivity contribution in [2.24, 2.45) is 11.8 Å². The van der Waals surface area contributed by atoms with Gasteiger partial charge in [-0.25, -0.2) is 0 Å². The summed E-state index contributed by atoms with van der Waals surface area (Å²) in [6, 6.07) is 15.3. The maximum atomic E-state index is 12.6. The van der Waals surface area contributed by atoms with Crippen LogP contribution in [0.25, 0.3) is 6.08 Å². The van der Waals surface area contributed by atoms with Gasteiger partial charge in [-0.15, -0.1) is 0 Å². The van der Waals surface area contributed by atoms with Crippen LogP contribution in [-0.2, 0) is 4.79 Å². The molecule has 32 heavy (non-hydrogen) atoms. The van der Waals surface area contributed by atoms with Crippen LogP contribution in [0, 0.1) is 11.8 Å². The van der Waals surface area contributed by atoms with Crippen molar-refractivity contribution in [1.82, 2.24) is 10.2 Å². The van der Waals surface area contributed by atoms with Crippen molar-refractivity contribution < 1.29 is 9.59 Å². The van der Waals surface area contributed by atoms with Crippen molar-refractivity contribution in [3.8, 4) is 0 Å². The first-order valence-corrected chi connectivity index (χ1v) is 12.2. The van der Waals surface area contributed by atoms with Gasteiger partial charge in [0, 0.05) is 30.1 Å². The first-order valence-electron chi connectivity index (χ1n) is 11.4. The number of rotatable bonds is 6. The second-order valence-electron chi connectivity index (χ2n) is 9.00. The van der Waals surface area contributed by atoms with E-state index in [1.807, 2.05) is 48.5 Å². The van der Waals surface area contributed by atoms with Gasteiger partial charge < -0.3 is 15.5 Å². The van der Waals surface area contributed by atoms with Gasteiger partial charge in [-0.1, -0.05) is 55.9 Å². The molecule has 0 saturated carbocycles. The van der Waals surface area contributed by atoms with Crippen molar-refractivity contribution >= 4 is 35.3 Å². The van der Waals surface area contributed by atoms with Crippen LogP contribution in [0.5, 0.6) is 0 Å². The second kappa shape index (κ2) is 10.4. The number of likely N-dealkylation sites (tertiary alicyclic amines) is 1. The van der Waals surface area contributed by atoms with Crippen molar-refractivity contribution in [3.63, 3.8) is 0 Å². The Kier molecular flexibility index (Phi) is 7.33. The Morgan fingerprint density at radius 3 is 2.66 bits per heavy atom. The minimum Gasteiger partial charge on any atom is -0.352 e. The number of carbonyl (C=O) groups excluding carboxylic acids is 2. The highest BCUT2D eigenvalue weighted by atomic mass is 32.2. The molecule has 2 aliphatic rings. The Morgan fingerprint density at radius 2 is 1.91 bits per heavy atom. The fourth-order valence-corrected chi connectivity index (χ4v) is 5.52. The van der Waals surface area contributed by atoms with Gasteiger partial charge in [-0.2, -0.15) is 0 Å². The average molecular weight is 450 g/mol. The minimum atomic E-state index is -0.145. The van der Waals surface area contributed by atoms with E-state index in [1.54, 1.807) is 6.07 Å². The Morgan fingerprint density at radius 1 is 1.16 bits per heavy atom. The zero-order chi connectivity index (χ0) is 22.5. The van der Waals surface area contributed by atoms with Crippen LogP contribution in [0.4, 0.5) is 5.69 Å². The number of hydrogen-bond donors (Lipinski definition) is 2. The summed E-state index contributed by atoms with van der Waals surface area (Å²) in [5, 5.41) is 5.95. The second-order valence-corrected chi connectivity index (χ2v) is 10.1. The number of nitrogens with one attached hydrogen (secondary N) is 2. The quantitative estimate of drug-likeness (QED) is 0.488. The van der Waals surface area contributed by atoms with E-state index in [0.29, 0.717) is 22.7 Å². The van der Waals surface area contributed by atoms with Crippen LogP contribution in [0.3, 0.4) is 0 Å². The maximum Gasteiger partial charge on any atom is 0.262 e.